The van der Waals surface area contributed by atoms with Crippen LogP contribution in [0.25, 0.3) is 11.4 Å². The summed E-state index contributed by atoms with van der Waals surface area (Å²) in [6, 6.07) is 14.3. The van der Waals surface area contributed by atoms with Crippen LogP contribution in [0.15, 0.2) is 48.5 Å². The van der Waals surface area contributed by atoms with E-state index in [9.17, 15) is 9.59 Å². The zero-order valence-electron chi connectivity index (χ0n) is 16.9. The molecule has 0 fully saturated rings. The Labute approximate surface area is 179 Å². The highest BCUT2D eigenvalue weighted by molar-refractivity contribution is 7.71. The highest BCUT2D eigenvalue weighted by atomic mass is 32.1. The van der Waals surface area contributed by atoms with Gasteiger partial charge in [-0.15, -0.1) is 0 Å². The van der Waals surface area contributed by atoms with E-state index >= 15 is 0 Å². The Balaban J connectivity index is 1.73. The number of ether oxygens (including phenoxy) is 1. The minimum absolute atomic E-state index is 0.0146. The number of carbonyl (C=O) groups excluding carboxylic acids is 2. The molecule has 2 aromatic carbocycles. The predicted octanol–water partition coefficient (Wildman–Crippen LogP) is 3.85. The number of hydrogen-bond donors (Lipinski definition) is 3. The van der Waals surface area contributed by atoms with Crippen LogP contribution in [-0.2, 0) is 16.1 Å². The van der Waals surface area contributed by atoms with E-state index in [2.05, 4.69) is 20.8 Å². The van der Waals surface area contributed by atoms with Crippen LogP contribution in [0.2, 0.25) is 0 Å². The first kappa shape index (κ1) is 21.3. The molecule has 3 rings (SSSR count). The summed E-state index contributed by atoms with van der Waals surface area (Å²) in [6.07, 6.45) is 0. The van der Waals surface area contributed by atoms with Gasteiger partial charge in [-0.25, -0.2) is 0 Å². The number of nitrogens with zero attached hydrogens (tertiary/aromatic N) is 2. The molecular formula is C21H23N5O3S. The number of methoxy groups -OCH3 is 1. The lowest BCUT2D eigenvalue weighted by Gasteiger charge is -2.11. The first-order valence-electron chi connectivity index (χ1n) is 9.38. The molecule has 0 aliphatic rings. The summed E-state index contributed by atoms with van der Waals surface area (Å²) in [7, 11) is 1.60. The van der Waals surface area contributed by atoms with E-state index in [1.54, 1.807) is 35.9 Å². The second kappa shape index (κ2) is 9.36. The van der Waals surface area contributed by atoms with Gasteiger partial charge in [-0.1, -0.05) is 19.9 Å². The third kappa shape index (κ3) is 5.12. The molecule has 0 saturated heterocycles. The Morgan fingerprint density at radius 1 is 1.13 bits per heavy atom. The maximum atomic E-state index is 12.6. The number of rotatable bonds is 7. The van der Waals surface area contributed by atoms with Gasteiger partial charge in [0, 0.05) is 22.9 Å². The van der Waals surface area contributed by atoms with Crippen LogP contribution in [0, 0.1) is 10.7 Å². The average Bonchev–Trinajstić information content (AvgIpc) is 3.08. The van der Waals surface area contributed by atoms with Gasteiger partial charge in [-0.3, -0.25) is 19.3 Å². The molecule has 0 radical (unpaired) electrons. The van der Waals surface area contributed by atoms with Gasteiger partial charge < -0.3 is 15.4 Å². The molecule has 1 aromatic heterocycles. The Hall–Kier alpha value is -3.46. The number of benzene rings is 2. The van der Waals surface area contributed by atoms with Gasteiger partial charge in [0.15, 0.2) is 10.6 Å². The molecule has 3 aromatic rings. The van der Waals surface area contributed by atoms with Crippen LogP contribution in [0.4, 0.5) is 11.4 Å². The lowest BCUT2D eigenvalue weighted by molar-refractivity contribution is -0.119. The summed E-state index contributed by atoms with van der Waals surface area (Å²) in [5.41, 5.74) is 1.99. The van der Waals surface area contributed by atoms with Crippen LogP contribution >= 0.6 is 12.2 Å². The zero-order valence-corrected chi connectivity index (χ0v) is 17.7. The SMILES string of the molecule is COc1ccc(-c2n[nH]c(=S)n2CC(=O)Nc2cccc(NC(=O)C(C)C)c2)cc1. The topological polar surface area (TPSA) is 101 Å². The Morgan fingerprint density at radius 2 is 1.80 bits per heavy atom. The normalized spacial score (nSPS) is 10.7. The number of H-pyrrole nitrogens is 1. The van der Waals surface area contributed by atoms with Crippen molar-refractivity contribution in [2.24, 2.45) is 5.92 Å². The quantitative estimate of drug-likeness (QED) is 0.499. The van der Waals surface area contributed by atoms with Crippen LogP contribution in [0.5, 0.6) is 5.75 Å². The summed E-state index contributed by atoms with van der Waals surface area (Å²) in [6.45, 7) is 3.62. The molecular weight excluding hydrogens is 402 g/mol. The third-order valence-corrected chi connectivity index (χ3v) is 4.66. The highest BCUT2D eigenvalue weighted by Gasteiger charge is 2.13. The minimum Gasteiger partial charge on any atom is -0.497 e. The van der Waals surface area contributed by atoms with E-state index in [0.29, 0.717) is 22.0 Å². The fourth-order valence-corrected chi connectivity index (χ4v) is 2.93. The molecule has 3 N–H and O–H groups in total. The zero-order chi connectivity index (χ0) is 21.7. The molecule has 0 saturated carbocycles. The lowest BCUT2D eigenvalue weighted by atomic mass is 10.2. The molecule has 1 heterocycles. The van der Waals surface area contributed by atoms with Gasteiger partial charge in [0.25, 0.3) is 0 Å². The molecule has 0 spiro atoms. The molecule has 0 bridgehead atoms. The average molecular weight is 426 g/mol. The van der Waals surface area contributed by atoms with Crippen molar-refractivity contribution in [3.05, 3.63) is 53.3 Å². The minimum atomic E-state index is -0.269. The molecule has 0 aliphatic heterocycles. The van der Waals surface area contributed by atoms with Crippen molar-refractivity contribution < 1.29 is 14.3 Å². The van der Waals surface area contributed by atoms with Crippen molar-refractivity contribution in [2.45, 2.75) is 20.4 Å². The van der Waals surface area contributed by atoms with Crippen LogP contribution in [-0.4, -0.2) is 33.7 Å². The fourth-order valence-electron chi connectivity index (χ4n) is 2.73. The lowest BCUT2D eigenvalue weighted by Crippen LogP contribution is -2.20. The van der Waals surface area contributed by atoms with E-state index in [1.807, 2.05) is 38.1 Å². The third-order valence-electron chi connectivity index (χ3n) is 4.35. The second-order valence-corrected chi connectivity index (χ2v) is 7.33. The first-order valence-corrected chi connectivity index (χ1v) is 9.78. The van der Waals surface area contributed by atoms with Crippen LogP contribution in [0.3, 0.4) is 0 Å². The maximum absolute atomic E-state index is 12.6. The number of anilines is 2. The number of carbonyl (C=O) groups is 2. The maximum Gasteiger partial charge on any atom is 0.244 e. The molecule has 2 amide bonds. The van der Waals surface area contributed by atoms with E-state index in [4.69, 9.17) is 17.0 Å². The number of hydrogen-bond acceptors (Lipinski definition) is 5. The Morgan fingerprint density at radius 3 is 2.43 bits per heavy atom. The van der Waals surface area contributed by atoms with E-state index < -0.39 is 0 Å². The number of nitrogens with one attached hydrogen (secondary N) is 3. The van der Waals surface area contributed by atoms with Crippen LogP contribution in [0.1, 0.15) is 13.8 Å². The van der Waals surface area contributed by atoms with Crippen molar-refractivity contribution >= 4 is 35.4 Å². The van der Waals surface area contributed by atoms with Crippen molar-refractivity contribution in [1.82, 2.24) is 14.8 Å². The first-order chi connectivity index (χ1) is 14.4. The molecule has 156 valence electrons. The Kier molecular flexibility index (Phi) is 6.63. The number of aromatic nitrogens is 3. The monoisotopic (exact) mass is 425 g/mol. The summed E-state index contributed by atoms with van der Waals surface area (Å²) in [5, 5.41) is 12.6. The van der Waals surface area contributed by atoms with Gasteiger partial charge in [-0.2, -0.15) is 5.10 Å². The van der Waals surface area contributed by atoms with Crippen LogP contribution < -0.4 is 15.4 Å². The number of aromatic amines is 1. The van der Waals surface area contributed by atoms with Gasteiger partial charge in [0.05, 0.1) is 7.11 Å². The van der Waals surface area contributed by atoms with Crippen molar-refractivity contribution in [3.8, 4) is 17.1 Å². The van der Waals surface area contributed by atoms with Gasteiger partial charge in [0.2, 0.25) is 11.8 Å². The number of amides is 2. The summed E-state index contributed by atoms with van der Waals surface area (Å²) < 4.78 is 7.14. The molecule has 0 atom stereocenters. The summed E-state index contributed by atoms with van der Waals surface area (Å²) in [5.74, 6) is 0.780. The molecule has 30 heavy (non-hydrogen) atoms. The fraction of sp³-hybridized carbons (Fsp3) is 0.238. The smallest absolute Gasteiger partial charge is 0.244 e. The Bertz CT molecular complexity index is 1100. The van der Waals surface area contributed by atoms with Crippen molar-refractivity contribution in [2.75, 3.05) is 17.7 Å². The highest BCUT2D eigenvalue weighted by Crippen LogP contribution is 2.21. The van der Waals surface area contributed by atoms with Gasteiger partial charge in [0.1, 0.15) is 12.3 Å². The molecule has 9 heteroatoms. The van der Waals surface area contributed by atoms with E-state index in [0.717, 1.165) is 11.3 Å². The largest absolute Gasteiger partial charge is 0.497 e. The molecule has 0 aliphatic carbocycles. The molecule has 0 unspecified atom stereocenters. The van der Waals surface area contributed by atoms with Gasteiger partial charge >= 0.3 is 0 Å². The predicted molar refractivity (Wildman–Crippen MR) is 118 cm³/mol. The standard InChI is InChI=1S/C21H23N5O3S/c1-13(2)20(28)23-16-6-4-5-15(11-16)22-18(27)12-26-19(24-25-21(26)30)14-7-9-17(29-3)10-8-14/h4-11,13H,12H2,1-3H3,(H,22,27)(H,23,28)(H,25,30). The van der Waals surface area contributed by atoms with E-state index in [1.165, 1.54) is 0 Å². The summed E-state index contributed by atoms with van der Waals surface area (Å²) in [4.78, 5) is 24.5. The van der Waals surface area contributed by atoms with Crippen molar-refractivity contribution in [3.63, 3.8) is 0 Å². The van der Waals surface area contributed by atoms with Gasteiger partial charge in [-0.05, 0) is 54.7 Å². The van der Waals surface area contributed by atoms with E-state index in [-0.39, 0.29) is 24.3 Å². The second-order valence-electron chi connectivity index (χ2n) is 6.94. The molecule has 8 nitrogen and oxygen atoms in total. The van der Waals surface area contributed by atoms with Crippen molar-refractivity contribution in [1.29, 1.82) is 0 Å². The summed E-state index contributed by atoms with van der Waals surface area (Å²) >= 11 is 5.29.